The van der Waals surface area contributed by atoms with Gasteiger partial charge in [0.05, 0.1) is 24.4 Å². The molecule has 5 nitrogen and oxygen atoms in total. The molecule has 0 radical (unpaired) electrons. The van der Waals surface area contributed by atoms with Gasteiger partial charge < -0.3 is 10.4 Å². The number of β-amino-alcohol motifs (C(OH)–C–C–N with tert-alkyl or cyclic N) is 1. The number of carbonyl (C=O) groups excluding carboxylic acids is 2. The first-order valence-corrected chi connectivity index (χ1v) is 6.48. The van der Waals surface area contributed by atoms with Gasteiger partial charge in [0.2, 0.25) is 0 Å². The monoisotopic (exact) mass is 332 g/mol. The van der Waals surface area contributed by atoms with E-state index in [1.165, 1.54) is 0 Å². The fourth-order valence-corrected chi connectivity index (χ4v) is 2.14. The summed E-state index contributed by atoms with van der Waals surface area (Å²) in [6.45, 7) is 0.488. The van der Waals surface area contributed by atoms with Gasteiger partial charge in [0.1, 0.15) is 11.5 Å². The van der Waals surface area contributed by atoms with Gasteiger partial charge in [-0.2, -0.15) is 13.2 Å². The van der Waals surface area contributed by atoms with Crippen molar-refractivity contribution in [3.8, 4) is 0 Å². The standard InChI is InChI=1S/C14H12F4N2O3/c1-7-4-10(9(15)5-8(7)14(16,17)18)19-11-6-12(22)20(2-3-21)13(11)23/h4-6,19,21H,2-3H2,1H3. The topological polar surface area (TPSA) is 69.6 Å². The van der Waals surface area contributed by atoms with Crippen LogP contribution in [0.4, 0.5) is 23.2 Å². The van der Waals surface area contributed by atoms with Gasteiger partial charge in [0, 0.05) is 6.08 Å². The zero-order valence-electron chi connectivity index (χ0n) is 11.9. The lowest BCUT2D eigenvalue weighted by molar-refractivity contribution is -0.139. The molecule has 0 fully saturated rings. The van der Waals surface area contributed by atoms with Crippen molar-refractivity contribution in [3.05, 3.63) is 40.8 Å². The Bertz CT molecular complexity index is 698. The smallest absolute Gasteiger partial charge is 0.395 e. The Labute approximate surface area is 128 Å². The molecule has 124 valence electrons. The van der Waals surface area contributed by atoms with Crippen LogP contribution in [0, 0.1) is 12.7 Å². The molecule has 0 unspecified atom stereocenters. The molecule has 1 aromatic rings. The first-order chi connectivity index (χ1) is 10.6. The molecule has 2 rings (SSSR count). The number of anilines is 1. The van der Waals surface area contributed by atoms with Crippen LogP contribution in [0.2, 0.25) is 0 Å². The van der Waals surface area contributed by atoms with Gasteiger partial charge >= 0.3 is 6.18 Å². The number of imide groups is 1. The number of amides is 2. The minimum atomic E-state index is -4.69. The lowest BCUT2D eigenvalue weighted by Crippen LogP contribution is -2.34. The number of rotatable bonds is 4. The number of halogens is 4. The number of aryl methyl sites for hydroxylation is 1. The lowest BCUT2D eigenvalue weighted by Gasteiger charge is -2.15. The van der Waals surface area contributed by atoms with Crippen LogP contribution in [-0.2, 0) is 15.8 Å². The van der Waals surface area contributed by atoms with Gasteiger partial charge in [-0.25, -0.2) is 4.39 Å². The largest absolute Gasteiger partial charge is 0.416 e. The minimum Gasteiger partial charge on any atom is -0.395 e. The van der Waals surface area contributed by atoms with Gasteiger partial charge in [0.25, 0.3) is 11.8 Å². The highest BCUT2D eigenvalue weighted by Gasteiger charge is 2.34. The Kier molecular flexibility index (Phi) is 4.42. The Morgan fingerprint density at radius 1 is 1.26 bits per heavy atom. The lowest BCUT2D eigenvalue weighted by atomic mass is 10.1. The van der Waals surface area contributed by atoms with Crippen LogP contribution < -0.4 is 5.32 Å². The predicted molar refractivity (Wildman–Crippen MR) is 71.7 cm³/mol. The van der Waals surface area contributed by atoms with Crippen LogP contribution in [0.3, 0.4) is 0 Å². The van der Waals surface area contributed by atoms with E-state index in [-0.39, 0.29) is 23.5 Å². The van der Waals surface area contributed by atoms with Crippen LogP contribution in [0.25, 0.3) is 0 Å². The minimum absolute atomic E-state index is 0.228. The first kappa shape index (κ1) is 16.9. The summed E-state index contributed by atoms with van der Waals surface area (Å²) in [6.07, 6.45) is -3.80. The van der Waals surface area contributed by atoms with E-state index < -0.39 is 36.0 Å². The molecule has 1 aromatic carbocycles. The van der Waals surface area contributed by atoms with Gasteiger partial charge in [-0.15, -0.1) is 0 Å². The highest BCUT2D eigenvalue weighted by Crippen LogP contribution is 2.34. The van der Waals surface area contributed by atoms with Crippen molar-refractivity contribution >= 4 is 17.5 Å². The average molecular weight is 332 g/mol. The summed E-state index contributed by atoms with van der Waals surface area (Å²) >= 11 is 0. The number of nitrogens with zero attached hydrogens (tertiary/aromatic N) is 1. The molecule has 23 heavy (non-hydrogen) atoms. The molecule has 1 aliphatic rings. The summed E-state index contributed by atoms with van der Waals surface area (Å²) in [5.41, 5.74) is -1.98. The Morgan fingerprint density at radius 2 is 1.91 bits per heavy atom. The number of hydrogen-bond acceptors (Lipinski definition) is 4. The maximum atomic E-state index is 13.8. The number of hydrogen-bond donors (Lipinski definition) is 2. The van der Waals surface area contributed by atoms with E-state index in [1.54, 1.807) is 0 Å². The molecular weight excluding hydrogens is 320 g/mol. The molecule has 0 aromatic heterocycles. The first-order valence-electron chi connectivity index (χ1n) is 6.48. The molecule has 2 amide bonds. The Balaban J connectivity index is 2.29. The van der Waals surface area contributed by atoms with Crippen LogP contribution >= 0.6 is 0 Å². The number of aliphatic hydroxyl groups is 1. The second-order valence-corrected chi connectivity index (χ2v) is 4.85. The summed E-state index contributed by atoms with van der Waals surface area (Å²) in [4.78, 5) is 24.2. The summed E-state index contributed by atoms with van der Waals surface area (Å²) in [5.74, 6) is -2.69. The van der Waals surface area contributed by atoms with Crippen molar-refractivity contribution in [2.45, 2.75) is 13.1 Å². The second kappa shape index (κ2) is 5.99. The number of benzene rings is 1. The van der Waals surface area contributed by atoms with E-state index in [1.807, 2.05) is 0 Å². The highest BCUT2D eigenvalue weighted by molar-refractivity contribution is 6.17. The molecular formula is C14H12F4N2O3. The van der Waals surface area contributed by atoms with E-state index in [0.717, 1.165) is 24.0 Å². The fraction of sp³-hybridized carbons (Fsp3) is 0.286. The number of carbonyl (C=O) groups is 2. The normalized spacial score (nSPS) is 15.2. The Hall–Kier alpha value is -2.42. The van der Waals surface area contributed by atoms with Crippen molar-refractivity contribution in [2.24, 2.45) is 0 Å². The third kappa shape index (κ3) is 3.34. The molecule has 0 saturated heterocycles. The average Bonchev–Trinajstić information content (AvgIpc) is 2.69. The molecule has 2 N–H and O–H groups in total. The van der Waals surface area contributed by atoms with Crippen molar-refractivity contribution in [2.75, 3.05) is 18.5 Å². The number of nitrogens with one attached hydrogen (secondary N) is 1. The number of aliphatic hydroxyl groups excluding tert-OH is 1. The van der Waals surface area contributed by atoms with E-state index in [0.29, 0.717) is 6.07 Å². The number of alkyl halides is 3. The second-order valence-electron chi connectivity index (χ2n) is 4.85. The maximum Gasteiger partial charge on any atom is 0.416 e. The molecule has 0 spiro atoms. The van der Waals surface area contributed by atoms with Crippen LogP contribution in [0.15, 0.2) is 23.9 Å². The van der Waals surface area contributed by atoms with E-state index in [4.69, 9.17) is 5.11 Å². The van der Waals surface area contributed by atoms with Gasteiger partial charge in [-0.1, -0.05) is 0 Å². The van der Waals surface area contributed by atoms with Crippen LogP contribution in [0.1, 0.15) is 11.1 Å². The maximum absolute atomic E-state index is 13.8. The van der Waals surface area contributed by atoms with Gasteiger partial charge in [-0.05, 0) is 24.6 Å². The van der Waals surface area contributed by atoms with Gasteiger partial charge in [0.15, 0.2) is 0 Å². The molecule has 0 saturated carbocycles. The van der Waals surface area contributed by atoms with E-state index >= 15 is 0 Å². The third-order valence-corrected chi connectivity index (χ3v) is 3.22. The highest BCUT2D eigenvalue weighted by atomic mass is 19.4. The van der Waals surface area contributed by atoms with Crippen molar-refractivity contribution in [1.82, 2.24) is 4.90 Å². The Morgan fingerprint density at radius 3 is 2.48 bits per heavy atom. The van der Waals surface area contributed by atoms with Crippen LogP contribution in [0.5, 0.6) is 0 Å². The molecule has 1 aliphatic heterocycles. The van der Waals surface area contributed by atoms with E-state index in [2.05, 4.69) is 5.32 Å². The van der Waals surface area contributed by atoms with Crippen molar-refractivity contribution in [1.29, 1.82) is 0 Å². The fourth-order valence-electron chi connectivity index (χ4n) is 2.14. The van der Waals surface area contributed by atoms with Crippen LogP contribution in [-0.4, -0.2) is 35.0 Å². The third-order valence-electron chi connectivity index (χ3n) is 3.22. The zero-order chi connectivity index (χ0) is 17.4. The van der Waals surface area contributed by atoms with Crippen molar-refractivity contribution in [3.63, 3.8) is 0 Å². The van der Waals surface area contributed by atoms with Gasteiger partial charge in [-0.3, -0.25) is 14.5 Å². The summed E-state index contributed by atoms with van der Waals surface area (Å²) in [5, 5.41) is 11.1. The van der Waals surface area contributed by atoms with E-state index in [9.17, 15) is 27.2 Å². The molecule has 1 heterocycles. The SMILES string of the molecule is Cc1cc(NC2=CC(=O)N(CCO)C2=O)c(F)cc1C(F)(F)F. The quantitative estimate of drug-likeness (QED) is 0.652. The summed E-state index contributed by atoms with van der Waals surface area (Å²) in [6, 6.07) is 1.23. The molecule has 0 atom stereocenters. The molecule has 0 aliphatic carbocycles. The predicted octanol–water partition coefficient (Wildman–Crippen LogP) is 1.81. The summed E-state index contributed by atoms with van der Waals surface area (Å²) in [7, 11) is 0. The van der Waals surface area contributed by atoms with Crippen molar-refractivity contribution < 1.29 is 32.3 Å². The molecule has 9 heteroatoms. The zero-order valence-corrected chi connectivity index (χ0v) is 11.9. The summed E-state index contributed by atoms with van der Waals surface area (Å²) < 4.78 is 51.9. The molecule has 0 bridgehead atoms.